The summed E-state index contributed by atoms with van der Waals surface area (Å²) < 4.78 is 21.8. The Hall–Kier alpha value is -0.160. The average molecular weight is 244 g/mol. The third-order valence-corrected chi connectivity index (χ3v) is 3.64. The molecule has 2 rings (SSSR count). The zero-order valence-electron chi connectivity index (χ0n) is 10.8. The summed E-state index contributed by atoms with van der Waals surface area (Å²) in [6.07, 6.45) is 4.38. The molecule has 4 heteroatoms. The van der Waals surface area contributed by atoms with Gasteiger partial charge in [-0.2, -0.15) is 0 Å². The minimum atomic E-state index is 0.0389. The van der Waals surface area contributed by atoms with Gasteiger partial charge in [0.1, 0.15) is 0 Å². The Labute approximate surface area is 104 Å². The molecule has 0 bridgehead atoms. The fourth-order valence-electron chi connectivity index (χ4n) is 2.16. The molecule has 0 saturated carbocycles. The van der Waals surface area contributed by atoms with Gasteiger partial charge in [-0.1, -0.05) is 6.92 Å². The molecule has 0 amide bonds. The van der Waals surface area contributed by atoms with E-state index < -0.39 is 0 Å². The van der Waals surface area contributed by atoms with Crippen LogP contribution in [0.15, 0.2) is 0 Å². The molecule has 0 aromatic carbocycles. The van der Waals surface area contributed by atoms with Gasteiger partial charge >= 0.3 is 0 Å². The molecule has 17 heavy (non-hydrogen) atoms. The van der Waals surface area contributed by atoms with Gasteiger partial charge in [0.05, 0.1) is 33.0 Å². The van der Waals surface area contributed by atoms with Gasteiger partial charge in [-0.3, -0.25) is 0 Å². The maximum Gasteiger partial charge on any atom is 0.157 e. The standard InChI is InChI=1S/C13H24O4/c1-2-13(10-15-11-13)9-14-6-4-3-5-12-16-7-8-17-12/h12H,2-11H2,1H3. The molecule has 0 aliphatic carbocycles. The molecule has 100 valence electrons. The van der Waals surface area contributed by atoms with Crippen LogP contribution < -0.4 is 0 Å². The zero-order valence-corrected chi connectivity index (χ0v) is 10.8. The summed E-state index contributed by atoms with van der Waals surface area (Å²) in [6.45, 7) is 7.13. The van der Waals surface area contributed by atoms with E-state index in [0.717, 1.165) is 65.3 Å². The van der Waals surface area contributed by atoms with Crippen molar-refractivity contribution in [3.05, 3.63) is 0 Å². The highest BCUT2D eigenvalue weighted by atomic mass is 16.7. The van der Waals surface area contributed by atoms with Crippen LogP contribution in [0.3, 0.4) is 0 Å². The van der Waals surface area contributed by atoms with Crippen LogP contribution in [0.2, 0.25) is 0 Å². The predicted octanol–water partition coefficient (Wildman–Crippen LogP) is 1.97. The maximum absolute atomic E-state index is 5.73. The molecule has 0 atom stereocenters. The molecule has 2 heterocycles. The van der Waals surface area contributed by atoms with E-state index in [0.29, 0.717) is 5.41 Å². The van der Waals surface area contributed by atoms with Gasteiger partial charge in [-0.05, 0) is 25.7 Å². The van der Waals surface area contributed by atoms with Crippen molar-refractivity contribution in [1.82, 2.24) is 0 Å². The first-order valence-electron chi connectivity index (χ1n) is 6.73. The number of unbranched alkanes of at least 4 members (excludes halogenated alkanes) is 1. The van der Waals surface area contributed by atoms with Crippen LogP contribution in [0.5, 0.6) is 0 Å². The van der Waals surface area contributed by atoms with E-state index in [1.165, 1.54) is 0 Å². The third kappa shape index (κ3) is 3.91. The highest BCUT2D eigenvalue weighted by Crippen LogP contribution is 2.31. The number of rotatable bonds is 8. The van der Waals surface area contributed by atoms with E-state index in [-0.39, 0.29) is 6.29 Å². The Bertz CT molecular complexity index is 204. The molecule has 0 spiro atoms. The SMILES string of the molecule is CCC1(COCCCCC2OCCO2)COC1. The largest absolute Gasteiger partial charge is 0.381 e. The Morgan fingerprint density at radius 1 is 1.18 bits per heavy atom. The van der Waals surface area contributed by atoms with Crippen molar-refractivity contribution in [2.45, 2.75) is 38.9 Å². The third-order valence-electron chi connectivity index (χ3n) is 3.64. The maximum atomic E-state index is 5.73. The summed E-state index contributed by atoms with van der Waals surface area (Å²) in [5, 5.41) is 0. The molecule has 2 fully saturated rings. The van der Waals surface area contributed by atoms with Gasteiger partial charge in [0.25, 0.3) is 0 Å². The minimum absolute atomic E-state index is 0.0389. The average Bonchev–Trinajstić information content (AvgIpc) is 2.79. The molecule has 2 aliphatic rings. The van der Waals surface area contributed by atoms with Gasteiger partial charge in [-0.25, -0.2) is 0 Å². The second-order valence-corrected chi connectivity index (χ2v) is 5.07. The second-order valence-electron chi connectivity index (χ2n) is 5.07. The van der Waals surface area contributed by atoms with Crippen LogP contribution in [0, 0.1) is 5.41 Å². The highest BCUT2D eigenvalue weighted by molar-refractivity contribution is 4.83. The van der Waals surface area contributed by atoms with Gasteiger partial charge in [0.2, 0.25) is 0 Å². The first kappa shape index (κ1) is 13.3. The van der Waals surface area contributed by atoms with E-state index in [1.54, 1.807) is 0 Å². The molecular weight excluding hydrogens is 220 g/mol. The van der Waals surface area contributed by atoms with E-state index in [4.69, 9.17) is 18.9 Å². The minimum Gasteiger partial charge on any atom is -0.381 e. The normalized spacial score (nSPS) is 23.8. The highest BCUT2D eigenvalue weighted by Gasteiger charge is 2.36. The fourth-order valence-corrected chi connectivity index (χ4v) is 2.16. The lowest BCUT2D eigenvalue weighted by atomic mass is 9.84. The van der Waals surface area contributed by atoms with Crippen molar-refractivity contribution in [2.24, 2.45) is 5.41 Å². The van der Waals surface area contributed by atoms with Crippen molar-refractivity contribution in [1.29, 1.82) is 0 Å². The molecular formula is C13H24O4. The van der Waals surface area contributed by atoms with Crippen LogP contribution >= 0.6 is 0 Å². The summed E-state index contributed by atoms with van der Waals surface area (Å²) in [7, 11) is 0. The Morgan fingerprint density at radius 3 is 2.53 bits per heavy atom. The van der Waals surface area contributed by atoms with E-state index in [1.807, 2.05) is 0 Å². The molecule has 0 aromatic heterocycles. The van der Waals surface area contributed by atoms with Gasteiger partial charge in [0.15, 0.2) is 6.29 Å². The van der Waals surface area contributed by atoms with Crippen LogP contribution in [-0.2, 0) is 18.9 Å². The lowest BCUT2D eigenvalue weighted by molar-refractivity contribution is -0.150. The molecule has 4 nitrogen and oxygen atoms in total. The summed E-state index contributed by atoms with van der Waals surface area (Å²) in [5.74, 6) is 0. The fraction of sp³-hybridized carbons (Fsp3) is 1.00. The van der Waals surface area contributed by atoms with Crippen LogP contribution in [0.4, 0.5) is 0 Å². The van der Waals surface area contributed by atoms with Crippen molar-refractivity contribution >= 4 is 0 Å². The van der Waals surface area contributed by atoms with Crippen molar-refractivity contribution in [2.75, 3.05) is 39.6 Å². The first-order valence-corrected chi connectivity index (χ1v) is 6.73. The molecule has 0 N–H and O–H groups in total. The Kier molecular flexibility index (Phi) is 5.22. The van der Waals surface area contributed by atoms with Crippen molar-refractivity contribution < 1.29 is 18.9 Å². The Balaban J connectivity index is 1.43. The van der Waals surface area contributed by atoms with Gasteiger partial charge < -0.3 is 18.9 Å². The zero-order chi connectivity index (χ0) is 12.0. The molecule has 0 unspecified atom stereocenters. The van der Waals surface area contributed by atoms with Crippen molar-refractivity contribution in [3.8, 4) is 0 Å². The summed E-state index contributed by atoms with van der Waals surface area (Å²) in [4.78, 5) is 0. The van der Waals surface area contributed by atoms with Gasteiger partial charge in [0, 0.05) is 12.0 Å². The van der Waals surface area contributed by atoms with E-state index >= 15 is 0 Å². The first-order chi connectivity index (χ1) is 8.35. The number of hydrogen-bond acceptors (Lipinski definition) is 4. The van der Waals surface area contributed by atoms with Crippen molar-refractivity contribution in [3.63, 3.8) is 0 Å². The molecule has 0 radical (unpaired) electrons. The molecule has 2 aliphatic heterocycles. The molecule has 2 saturated heterocycles. The van der Waals surface area contributed by atoms with Gasteiger partial charge in [-0.15, -0.1) is 0 Å². The quantitative estimate of drug-likeness (QED) is 0.612. The van der Waals surface area contributed by atoms with Crippen LogP contribution in [0.1, 0.15) is 32.6 Å². The monoisotopic (exact) mass is 244 g/mol. The number of hydrogen-bond donors (Lipinski definition) is 0. The lowest BCUT2D eigenvalue weighted by Gasteiger charge is -2.40. The van der Waals surface area contributed by atoms with E-state index in [9.17, 15) is 0 Å². The smallest absolute Gasteiger partial charge is 0.157 e. The van der Waals surface area contributed by atoms with Crippen LogP contribution in [0.25, 0.3) is 0 Å². The lowest BCUT2D eigenvalue weighted by Crippen LogP contribution is -2.45. The Morgan fingerprint density at radius 2 is 1.94 bits per heavy atom. The summed E-state index contributed by atoms with van der Waals surface area (Å²) in [6, 6.07) is 0. The topological polar surface area (TPSA) is 36.9 Å². The second kappa shape index (κ2) is 6.69. The summed E-state index contributed by atoms with van der Waals surface area (Å²) >= 11 is 0. The van der Waals surface area contributed by atoms with Crippen LogP contribution in [-0.4, -0.2) is 45.9 Å². The molecule has 0 aromatic rings. The summed E-state index contributed by atoms with van der Waals surface area (Å²) in [5.41, 5.74) is 0.317. The predicted molar refractivity (Wildman–Crippen MR) is 63.9 cm³/mol. The van der Waals surface area contributed by atoms with E-state index in [2.05, 4.69) is 6.92 Å². The number of ether oxygens (including phenoxy) is 4.